The van der Waals surface area contributed by atoms with Gasteiger partial charge in [0.15, 0.2) is 17.5 Å². The van der Waals surface area contributed by atoms with Gasteiger partial charge < -0.3 is 0 Å². The molecule has 0 aliphatic rings. The van der Waals surface area contributed by atoms with Crippen molar-refractivity contribution in [2.45, 2.75) is 0 Å². The molecular weight excluding hydrogens is 617 g/mol. The fourth-order valence-corrected chi connectivity index (χ4v) is 8.27. The topological polar surface area (TPSA) is 51.6 Å². The molecule has 5 heteroatoms. The first-order valence-electron chi connectivity index (χ1n) is 16.3. The molecule has 0 amide bonds. The van der Waals surface area contributed by atoms with Gasteiger partial charge >= 0.3 is 0 Å². The standard InChI is InChI=1S/C44H26N4S/c1-3-13-28(14-4-1)42-46-43(29-15-5-2-6-16-29)48-44(47-42)30-25-23-27(24-26-30)39-32-18-8-7-17-31(32)37-38-35-21-11-12-22-36(35)49-41(38)34-20-10-9-19-33(34)40(37)45-39/h1-26H. The number of hydrogen-bond donors (Lipinski definition) is 0. The van der Waals surface area contributed by atoms with E-state index in [0.717, 1.165) is 38.9 Å². The second-order valence-corrected chi connectivity index (χ2v) is 13.2. The van der Waals surface area contributed by atoms with E-state index in [9.17, 15) is 0 Å². The molecule has 0 saturated carbocycles. The summed E-state index contributed by atoms with van der Waals surface area (Å²) in [6, 6.07) is 54.8. The van der Waals surface area contributed by atoms with E-state index in [1.807, 2.05) is 72.0 Å². The second kappa shape index (κ2) is 11.2. The highest BCUT2D eigenvalue weighted by molar-refractivity contribution is 7.27. The van der Waals surface area contributed by atoms with Gasteiger partial charge in [0, 0.05) is 64.0 Å². The number of benzene rings is 7. The van der Waals surface area contributed by atoms with Crippen molar-refractivity contribution in [1.82, 2.24) is 19.9 Å². The Kier molecular flexibility index (Phi) is 6.32. The van der Waals surface area contributed by atoms with E-state index in [2.05, 4.69) is 97.1 Å². The highest BCUT2D eigenvalue weighted by Gasteiger charge is 2.20. The largest absolute Gasteiger partial charge is 0.246 e. The molecule has 49 heavy (non-hydrogen) atoms. The van der Waals surface area contributed by atoms with Crippen LogP contribution in [0.5, 0.6) is 0 Å². The molecule has 0 N–H and O–H groups in total. The summed E-state index contributed by atoms with van der Waals surface area (Å²) in [6.45, 7) is 0. The van der Waals surface area contributed by atoms with Crippen LogP contribution < -0.4 is 0 Å². The summed E-state index contributed by atoms with van der Waals surface area (Å²) in [4.78, 5) is 20.2. The monoisotopic (exact) mass is 642 g/mol. The highest BCUT2D eigenvalue weighted by atomic mass is 32.1. The lowest BCUT2D eigenvalue weighted by Gasteiger charge is -2.14. The number of rotatable bonds is 4. The maximum absolute atomic E-state index is 5.51. The van der Waals surface area contributed by atoms with Crippen LogP contribution in [-0.2, 0) is 0 Å². The molecule has 7 aromatic carbocycles. The molecule has 4 nitrogen and oxygen atoms in total. The Morgan fingerprint density at radius 1 is 0.327 bits per heavy atom. The molecule has 0 aliphatic heterocycles. The van der Waals surface area contributed by atoms with Gasteiger partial charge in [-0.1, -0.05) is 152 Å². The summed E-state index contributed by atoms with van der Waals surface area (Å²) in [5.74, 6) is 1.93. The maximum atomic E-state index is 5.51. The molecule has 3 heterocycles. The fraction of sp³-hybridized carbons (Fsp3) is 0. The molecule has 0 bridgehead atoms. The predicted molar refractivity (Wildman–Crippen MR) is 205 cm³/mol. The van der Waals surface area contributed by atoms with Crippen LogP contribution in [0.2, 0.25) is 0 Å². The van der Waals surface area contributed by atoms with Crippen molar-refractivity contribution in [3.63, 3.8) is 0 Å². The molecule has 0 aliphatic carbocycles. The molecule has 3 aromatic heterocycles. The van der Waals surface area contributed by atoms with E-state index >= 15 is 0 Å². The first-order valence-corrected chi connectivity index (χ1v) is 17.1. The van der Waals surface area contributed by atoms with Gasteiger partial charge in [-0.05, 0) is 11.5 Å². The molecule has 0 atom stereocenters. The Morgan fingerprint density at radius 3 is 1.43 bits per heavy atom. The summed E-state index contributed by atoms with van der Waals surface area (Å²) < 4.78 is 2.61. The van der Waals surface area contributed by atoms with E-state index in [0.29, 0.717) is 17.5 Å². The van der Waals surface area contributed by atoms with E-state index in [1.165, 1.54) is 41.7 Å². The fourth-order valence-electron chi connectivity index (χ4n) is 7.02. The maximum Gasteiger partial charge on any atom is 0.164 e. The first kappa shape index (κ1) is 27.8. The van der Waals surface area contributed by atoms with Gasteiger partial charge in [0.2, 0.25) is 0 Å². The Balaban J connectivity index is 1.18. The Hall–Kier alpha value is -6.30. The van der Waals surface area contributed by atoms with Crippen molar-refractivity contribution >= 4 is 64.0 Å². The zero-order valence-corrected chi connectivity index (χ0v) is 27.0. The summed E-state index contributed by atoms with van der Waals surface area (Å²) >= 11 is 1.87. The lowest BCUT2D eigenvalue weighted by molar-refractivity contribution is 1.07. The lowest BCUT2D eigenvalue weighted by Crippen LogP contribution is -2.00. The van der Waals surface area contributed by atoms with Crippen molar-refractivity contribution in [1.29, 1.82) is 0 Å². The van der Waals surface area contributed by atoms with Gasteiger partial charge in [0.25, 0.3) is 0 Å². The van der Waals surface area contributed by atoms with Crippen LogP contribution in [0.3, 0.4) is 0 Å². The molecule has 0 saturated heterocycles. The average Bonchev–Trinajstić information content (AvgIpc) is 3.58. The lowest BCUT2D eigenvalue weighted by atomic mass is 9.94. The summed E-state index contributed by atoms with van der Waals surface area (Å²) in [6.07, 6.45) is 0. The molecule has 10 aromatic rings. The minimum Gasteiger partial charge on any atom is -0.246 e. The van der Waals surface area contributed by atoms with Gasteiger partial charge in [0.05, 0.1) is 11.2 Å². The number of aromatic nitrogens is 4. The van der Waals surface area contributed by atoms with Gasteiger partial charge in [-0.2, -0.15) is 0 Å². The van der Waals surface area contributed by atoms with Crippen molar-refractivity contribution in [3.05, 3.63) is 158 Å². The van der Waals surface area contributed by atoms with Crippen LogP contribution >= 0.6 is 11.3 Å². The summed E-state index contributed by atoms with van der Waals surface area (Å²) in [5, 5.41) is 8.55. The van der Waals surface area contributed by atoms with Crippen molar-refractivity contribution in [2.75, 3.05) is 0 Å². The number of pyridine rings is 1. The van der Waals surface area contributed by atoms with Crippen LogP contribution in [0, 0.1) is 0 Å². The number of nitrogens with zero attached hydrogens (tertiary/aromatic N) is 4. The van der Waals surface area contributed by atoms with Crippen LogP contribution in [-0.4, -0.2) is 19.9 Å². The molecule has 10 rings (SSSR count). The van der Waals surface area contributed by atoms with E-state index < -0.39 is 0 Å². The summed E-state index contributed by atoms with van der Waals surface area (Å²) in [5.41, 5.74) is 5.86. The van der Waals surface area contributed by atoms with E-state index in [-0.39, 0.29) is 0 Å². The zero-order chi connectivity index (χ0) is 32.3. The third-order valence-electron chi connectivity index (χ3n) is 9.30. The van der Waals surface area contributed by atoms with Crippen LogP contribution in [0.15, 0.2) is 158 Å². The number of fused-ring (bicyclic) bond motifs is 10. The molecule has 0 radical (unpaired) electrons. The third kappa shape index (κ3) is 4.51. The number of thiophene rings is 1. The molecular formula is C44H26N4S. The minimum atomic E-state index is 0.633. The number of hydrogen-bond acceptors (Lipinski definition) is 5. The van der Waals surface area contributed by atoms with E-state index in [4.69, 9.17) is 19.9 Å². The van der Waals surface area contributed by atoms with E-state index in [1.54, 1.807) is 0 Å². The van der Waals surface area contributed by atoms with Crippen molar-refractivity contribution < 1.29 is 0 Å². The average molecular weight is 643 g/mol. The Labute approximate surface area is 286 Å². The normalized spacial score (nSPS) is 11.7. The zero-order valence-electron chi connectivity index (χ0n) is 26.2. The Bertz CT molecular complexity index is 2800. The SMILES string of the molecule is c1ccc(-c2nc(-c3ccccc3)nc(-c3ccc(-c4nc5c6ccccc6c6sc7ccccc7c6c5c5ccccc45)cc3)n2)cc1. The smallest absolute Gasteiger partial charge is 0.164 e. The second-order valence-electron chi connectivity index (χ2n) is 12.2. The van der Waals surface area contributed by atoms with Crippen molar-refractivity contribution in [3.8, 4) is 45.4 Å². The van der Waals surface area contributed by atoms with Gasteiger partial charge in [-0.15, -0.1) is 11.3 Å². The van der Waals surface area contributed by atoms with Gasteiger partial charge in [0.1, 0.15) is 0 Å². The minimum absolute atomic E-state index is 0.633. The van der Waals surface area contributed by atoms with Crippen LogP contribution in [0.1, 0.15) is 0 Å². The summed E-state index contributed by atoms with van der Waals surface area (Å²) in [7, 11) is 0. The first-order chi connectivity index (χ1) is 24.3. The Morgan fingerprint density at radius 2 is 0.796 bits per heavy atom. The highest BCUT2D eigenvalue weighted by Crippen LogP contribution is 2.46. The predicted octanol–water partition coefficient (Wildman–Crippen LogP) is 11.8. The molecule has 0 fully saturated rings. The van der Waals surface area contributed by atoms with Gasteiger partial charge in [-0.3, -0.25) is 0 Å². The molecule has 0 unspecified atom stereocenters. The third-order valence-corrected chi connectivity index (χ3v) is 10.5. The molecule has 228 valence electrons. The van der Waals surface area contributed by atoms with Gasteiger partial charge in [-0.25, -0.2) is 19.9 Å². The quantitative estimate of drug-likeness (QED) is 0.179. The molecule has 0 spiro atoms. The van der Waals surface area contributed by atoms with Crippen LogP contribution in [0.4, 0.5) is 0 Å². The van der Waals surface area contributed by atoms with Crippen molar-refractivity contribution in [2.24, 2.45) is 0 Å². The van der Waals surface area contributed by atoms with Crippen LogP contribution in [0.25, 0.3) is 98.0 Å².